The number of rotatable bonds is 5. The Labute approximate surface area is 202 Å². The summed E-state index contributed by atoms with van der Waals surface area (Å²) in [6, 6.07) is 11.7. The Bertz CT molecular complexity index is 1370. The van der Waals surface area contributed by atoms with Gasteiger partial charge in [-0.15, -0.1) is 0 Å². The fraction of sp³-hybridized carbons (Fsp3) is 0.250. The molecule has 0 atom stereocenters. The van der Waals surface area contributed by atoms with Gasteiger partial charge in [0, 0.05) is 0 Å². The van der Waals surface area contributed by atoms with E-state index in [4.69, 9.17) is 0 Å². The van der Waals surface area contributed by atoms with Gasteiger partial charge in [0.05, 0.1) is 47.8 Å². The molecule has 12 nitrogen and oxygen atoms in total. The van der Waals surface area contributed by atoms with Crippen LogP contribution in [0.15, 0.2) is 48.5 Å². The molecule has 0 bridgehead atoms. The molecule has 0 spiro atoms. The zero-order valence-electron chi connectivity index (χ0n) is 18.3. The quantitative estimate of drug-likeness (QED) is 0.431. The van der Waals surface area contributed by atoms with E-state index in [0.29, 0.717) is 0 Å². The van der Waals surface area contributed by atoms with Crippen LogP contribution in [0.5, 0.6) is 0 Å². The largest absolute Gasteiger partial charge is 0.363 e. The third kappa shape index (κ3) is 3.90. The highest BCUT2D eigenvalue weighted by molar-refractivity contribution is 8.01. The molecule has 2 aliphatic rings. The van der Waals surface area contributed by atoms with E-state index in [0.717, 1.165) is 40.9 Å². The molecule has 34 heavy (non-hydrogen) atoms. The van der Waals surface area contributed by atoms with Crippen molar-refractivity contribution in [3.8, 4) is 0 Å². The number of nitrogens with zero attached hydrogens (tertiary/aromatic N) is 4. The van der Waals surface area contributed by atoms with Crippen molar-refractivity contribution < 1.29 is 33.7 Å². The Morgan fingerprint density at radius 1 is 0.441 bits per heavy atom. The SMILES string of the molecule is CS(=O)(=O)N1c2ccccc2N(S(C)(=O)=O)[Si]1[Si]1N(S(C)(=O)=O)c2ccccc2N1S(C)(=O)=O. The van der Waals surface area contributed by atoms with Crippen LogP contribution in [0.4, 0.5) is 22.7 Å². The van der Waals surface area contributed by atoms with Gasteiger partial charge in [0.2, 0.25) is 40.1 Å². The van der Waals surface area contributed by atoms with Crippen molar-refractivity contribution in [1.82, 2.24) is 0 Å². The molecule has 0 fully saturated rings. The molecule has 2 aromatic carbocycles. The number of anilines is 4. The summed E-state index contributed by atoms with van der Waals surface area (Å²) in [5.74, 6) is 0. The first-order valence-corrected chi connectivity index (χ1v) is 20.6. The van der Waals surface area contributed by atoms with E-state index in [2.05, 4.69) is 0 Å². The van der Waals surface area contributed by atoms with Gasteiger partial charge in [-0.05, 0) is 24.3 Å². The predicted molar refractivity (Wildman–Crippen MR) is 134 cm³/mol. The first kappa shape index (κ1) is 25.0. The fourth-order valence-electron chi connectivity index (χ4n) is 3.94. The smallest absolute Gasteiger partial charge is 0.273 e. The molecule has 0 unspecified atom stereocenters. The van der Waals surface area contributed by atoms with E-state index in [1.54, 1.807) is 0 Å². The van der Waals surface area contributed by atoms with Gasteiger partial charge in [-0.1, -0.05) is 24.3 Å². The maximum Gasteiger partial charge on any atom is 0.363 e. The van der Waals surface area contributed by atoms with Gasteiger partial charge in [0.25, 0.3) is 0 Å². The van der Waals surface area contributed by atoms with E-state index in [1.165, 1.54) is 48.5 Å². The van der Waals surface area contributed by atoms with Crippen LogP contribution in [0.25, 0.3) is 0 Å². The maximum atomic E-state index is 13.0. The van der Waals surface area contributed by atoms with E-state index >= 15 is 0 Å². The number of fused-ring (bicyclic) bond motifs is 2. The zero-order chi connectivity index (χ0) is 25.4. The first-order valence-electron chi connectivity index (χ1n) is 9.39. The van der Waals surface area contributed by atoms with Crippen molar-refractivity contribution in [2.75, 3.05) is 40.9 Å². The lowest BCUT2D eigenvalue weighted by molar-refractivity contribution is 0.599. The van der Waals surface area contributed by atoms with E-state index in [1.807, 2.05) is 0 Å². The molecule has 2 aromatic rings. The lowest BCUT2D eigenvalue weighted by atomic mass is 10.3. The highest BCUT2D eigenvalue weighted by Crippen LogP contribution is 2.47. The van der Waals surface area contributed by atoms with E-state index < -0.39 is 57.4 Å². The topological polar surface area (TPSA) is 150 Å². The number of hydrogen-bond acceptors (Lipinski definition) is 8. The van der Waals surface area contributed by atoms with E-state index in [9.17, 15) is 33.7 Å². The minimum Gasteiger partial charge on any atom is -0.273 e. The lowest BCUT2D eigenvalue weighted by Gasteiger charge is -2.36. The normalized spacial score (nSPS) is 17.9. The molecule has 0 saturated carbocycles. The highest BCUT2D eigenvalue weighted by atomic mass is 32.2. The Balaban J connectivity index is 2.14. The van der Waals surface area contributed by atoms with Crippen molar-refractivity contribution >= 4 is 80.1 Å². The molecule has 0 amide bonds. The number of benzene rings is 2. The van der Waals surface area contributed by atoms with Crippen LogP contribution in [-0.4, -0.2) is 76.0 Å². The molecule has 0 saturated heterocycles. The second-order valence-electron chi connectivity index (χ2n) is 7.73. The number of hydrogen-bond donors (Lipinski definition) is 0. The summed E-state index contributed by atoms with van der Waals surface area (Å²) in [4.78, 5) is 0. The highest BCUT2D eigenvalue weighted by Gasteiger charge is 2.63. The van der Waals surface area contributed by atoms with Crippen LogP contribution < -0.4 is 15.9 Å². The number of para-hydroxylation sites is 4. The van der Waals surface area contributed by atoms with Crippen LogP contribution >= 0.6 is 0 Å². The lowest BCUT2D eigenvalue weighted by Crippen LogP contribution is -2.72. The molecule has 2 aliphatic heterocycles. The minimum atomic E-state index is -4.17. The molecule has 2 heterocycles. The summed E-state index contributed by atoms with van der Waals surface area (Å²) in [5, 5.41) is 0. The van der Waals surface area contributed by atoms with Gasteiger partial charge in [-0.25, -0.2) is 33.7 Å². The average molecular weight is 581 g/mol. The van der Waals surface area contributed by atoms with Crippen LogP contribution in [-0.2, 0) is 40.1 Å². The zero-order valence-corrected chi connectivity index (χ0v) is 23.6. The van der Waals surface area contributed by atoms with Crippen molar-refractivity contribution in [3.05, 3.63) is 48.5 Å². The molecular weight excluding hydrogens is 561 g/mol. The average Bonchev–Trinajstić information content (AvgIpc) is 3.20. The molecule has 0 N–H and O–H groups in total. The van der Waals surface area contributed by atoms with Gasteiger partial charge in [-0.3, -0.25) is 15.9 Å². The Hall–Kier alpha value is -2.13. The van der Waals surface area contributed by atoms with Gasteiger partial charge in [-0.2, -0.15) is 0 Å². The van der Waals surface area contributed by atoms with Crippen LogP contribution in [0.1, 0.15) is 0 Å². The van der Waals surface area contributed by atoms with Gasteiger partial charge >= 0.3 is 17.3 Å². The van der Waals surface area contributed by atoms with Crippen molar-refractivity contribution in [2.24, 2.45) is 0 Å². The van der Waals surface area contributed by atoms with Gasteiger partial charge in [0.1, 0.15) is 0 Å². The molecule has 184 valence electrons. The number of sulfonamides is 4. The van der Waals surface area contributed by atoms with Gasteiger partial charge in [0.15, 0.2) is 0 Å². The van der Waals surface area contributed by atoms with Crippen molar-refractivity contribution in [1.29, 1.82) is 0 Å². The molecule has 2 radical (unpaired) electrons. The predicted octanol–water partition coefficient (Wildman–Crippen LogP) is -0.467. The van der Waals surface area contributed by atoms with Crippen molar-refractivity contribution in [2.45, 2.75) is 0 Å². The Morgan fingerprint density at radius 3 is 0.765 bits per heavy atom. The standard InChI is InChI=1S/C16H20N4O8S4Si2/c1-29(21,22)17-13-9-5-6-10-14(13)18(30(2,23)24)33(17)34-19(31(3,25)26)15-11-7-8-12-16(15)20(34)32(4,27)28/h5-12H,1-4H3. The van der Waals surface area contributed by atoms with Crippen LogP contribution in [0, 0.1) is 0 Å². The Morgan fingerprint density at radius 2 is 0.618 bits per heavy atom. The summed E-state index contributed by atoms with van der Waals surface area (Å²) in [6.07, 6.45) is 3.50. The molecular formula is C16H20N4O8S4Si2. The molecule has 0 aromatic heterocycles. The van der Waals surface area contributed by atoms with Crippen LogP contribution in [0.3, 0.4) is 0 Å². The summed E-state index contributed by atoms with van der Waals surface area (Å²) in [7, 11) is -23.0. The van der Waals surface area contributed by atoms with Crippen molar-refractivity contribution in [3.63, 3.8) is 0 Å². The van der Waals surface area contributed by atoms with Gasteiger partial charge < -0.3 is 0 Å². The summed E-state index contributed by atoms with van der Waals surface area (Å²) in [6.45, 7) is 0. The first-order chi connectivity index (χ1) is 15.5. The molecule has 4 rings (SSSR count). The summed E-state index contributed by atoms with van der Waals surface area (Å²) < 4.78 is 108. The van der Waals surface area contributed by atoms with Crippen LogP contribution in [0.2, 0.25) is 0 Å². The third-order valence-electron chi connectivity index (χ3n) is 4.93. The molecule has 0 aliphatic carbocycles. The summed E-state index contributed by atoms with van der Waals surface area (Å²) >= 11 is 0. The fourth-order valence-corrected chi connectivity index (χ4v) is 27.6. The molecule has 18 heteroatoms. The van der Waals surface area contributed by atoms with E-state index in [-0.39, 0.29) is 22.7 Å². The monoisotopic (exact) mass is 580 g/mol. The second-order valence-corrected chi connectivity index (χ2v) is 22.1. The Kier molecular flexibility index (Phi) is 5.65. The second kappa shape index (κ2) is 7.69. The minimum absolute atomic E-state index is 0.0414. The maximum absolute atomic E-state index is 13.0. The third-order valence-corrected chi connectivity index (χ3v) is 23.2. The summed E-state index contributed by atoms with van der Waals surface area (Å²) in [5.41, 5.74) is 0.165.